The van der Waals surface area contributed by atoms with E-state index in [4.69, 9.17) is 9.63 Å². The van der Waals surface area contributed by atoms with Crippen LogP contribution in [0.2, 0.25) is 0 Å². The summed E-state index contributed by atoms with van der Waals surface area (Å²) in [7, 11) is 0. The molecule has 0 radical (unpaired) electrons. The largest absolute Gasteiger partial charge is 0.481 e. The van der Waals surface area contributed by atoms with Crippen molar-refractivity contribution in [2.75, 3.05) is 13.1 Å². The van der Waals surface area contributed by atoms with Gasteiger partial charge >= 0.3 is 5.97 Å². The first-order valence-electron chi connectivity index (χ1n) is 6.14. The Bertz CT molecular complexity index is 633. The lowest BCUT2D eigenvalue weighted by Gasteiger charge is -2.11. The van der Waals surface area contributed by atoms with E-state index in [2.05, 4.69) is 26.1 Å². The van der Waals surface area contributed by atoms with E-state index in [9.17, 15) is 4.79 Å². The predicted molar refractivity (Wildman–Crippen MR) is 83.6 cm³/mol. The molecule has 6 nitrogen and oxygen atoms in total. The van der Waals surface area contributed by atoms with Crippen molar-refractivity contribution in [2.45, 2.75) is 13.0 Å². The van der Waals surface area contributed by atoms with Gasteiger partial charge in [0.1, 0.15) is 0 Å². The second-order valence-electron chi connectivity index (χ2n) is 4.70. The Morgan fingerprint density at radius 2 is 2.43 bits per heavy atom. The van der Waals surface area contributed by atoms with E-state index in [1.165, 1.54) is 11.3 Å². The Balaban J connectivity index is 0.00000161. The first-order chi connectivity index (χ1) is 9.61. The molecule has 1 unspecified atom stereocenters. The number of carboxylic acids is 1. The molecule has 9 heteroatoms. The minimum absolute atomic E-state index is 0. The molecule has 3 heterocycles. The van der Waals surface area contributed by atoms with Gasteiger partial charge in [0.15, 0.2) is 0 Å². The summed E-state index contributed by atoms with van der Waals surface area (Å²) in [5.74, 6) is 0.0769. The molecular formula is C12H13BrClN3O3S. The number of aliphatic carboxylic acids is 1. The second-order valence-corrected chi connectivity index (χ2v) is 6.53. The minimum atomic E-state index is -0.734. The number of thiophene rings is 1. The summed E-state index contributed by atoms with van der Waals surface area (Å²) in [6.45, 7) is 1.79. The zero-order valence-corrected chi connectivity index (χ0v) is 14.1. The average Bonchev–Trinajstić information content (AvgIpc) is 3.09. The molecule has 1 N–H and O–H groups in total. The standard InChI is InChI=1S/C12H12BrN3O3S.ClH/c13-8-3-9(20-6-8)11-14-10(19-15-11)5-16-2-1-7(4-16)12(17)18;/h3,6-7H,1-2,4-5H2,(H,17,18);1H. The Hall–Kier alpha value is -0.960. The number of aromatic nitrogens is 2. The van der Waals surface area contributed by atoms with E-state index in [1.807, 2.05) is 16.3 Å². The number of hydrogen-bond donors (Lipinski definition) is 1. The van der Waals surface area contributed by atoms with Crippen LogP contribution in [-0.4, -0.2) is 39.2 Å². The molecule has 1 saturated heterocycles. The zero-order chi connectivity index (χ0) is 14.1. The molecular weight excluding hydrogens is 382 g/mol. The Morgan fingerprint density at radius 1 is 1.62 bits per heavy atom. The molecule has 0 spiro atoms. The van der Waals surface area contributed by atoms with Gasteiger partial charge < -0.3 is 9.63 Å². The van der Waals surface area contributed by atoms with Gasteiger partial charge in [-0.25, -0.2) is 0 Å². The predicted octanol–water partition coefficient (Wildman–Crippen LogP) is 2.89. The van der Waals surface area contributed by atoms with Crippen molar-refractivity contribution in [2.24, 2.45) is 5.92 Å². The van der Waals surface area contributed by atoms with E-state index in [1.54, 1.807) is 0 Å². The summed E-state index contributed by atoms with van der Waals surface area (Å²) < 4.78 is 6.22. The highest BCUT2D eigenvalue weighted by Gasteiger charge is 2.28. The quantitative estimate of drug-likeness (QED) is 0.859. The van der Waals surface area contributed by atoms with Gasteiger partial charge in [-0.15, -0.1) is 23.7 Å². The van der Waals surface area contributed by atoms with E-state index in [0.717, 1.165) is 15.9 Å². The van der Waals surface area contributed by atoms with Gasteiger partial charge in [0, 0.05) is 16.4 Å². The number of rotatable bonds is 4. The van der Waals surface area contributed by atoms with Crippen molar-refractivity contribution in [3.05, 3.63) is 21.8 Å². The Kier molecular flexibility index (Phi) is 5.37. The first kappa shape index (κ1) is 16.4. The number of nitrogens with zero attached hydrogens (tertiary/aromatic N) is 3. The molecule has 2 aromatic heterocycles. The Morgan fingerprint density at radius 3 is 3.05 bits per heavy atom. The van der Waals surface area contributed by atoms with Gasteiger partial charge in [-0.05, 0) is 35.0 Å². The number of carboxylic acid groups (broad SMARTS) is 1. The topological polar surface area (TPSA) is 79.5 Å². The summed E-state index contributed by atoms with van der Waals surface area (Å²) in [6.07, 6.45) is 0.675. The lowest BCUT2D eigenvalue weighted by Crippen LogP contribution is -2.22. The fraction of sp³-hybridized carbons (Fsp3) is 0.417. The first-order valence-corrected chi connectivity index (χ1v) is 7.81. The normalized spacial score (nSPS) is 18.6. The maximum Gasteiger partial charge on any atom is 0.307 e. The van der Waals surface area contributed by atoms with Crippen molar-refractivity contribution in [1.29, 1.82) is 0 Å². The number of likely N-dealkylation sites (tertiary alicyclic amines) is 1. The van der Waals surface area contributed by atoms with Gasteiger partial charge in [0.25, 0.3) is 0 Å². The van der Waals surface area contributed by atoms with Crippen LogP contribution in [0.5, 0.6) is 0 Å². The molecule has 0 bridgehead atoms. The Labute approximate surface area is 139 Å². The van der Waals surface area contributed by atoms with Crippen molar-refractivity contribution in [3.8, 4) is 10.7 Å². The van der Waals surface area contributed by atoms with Gasteiger partial charge in [0.2, 0.25) is 11.7 Å². The van der Waals surface area contributed by atoms with E-state index in [-0.39, 0.29) is 18.3 Å². The van der Waals surface area contributed by atoms with Crippen LogP contribution in [0.25, 0.3) is 10.7 Å². The molecule has 1 atom stereocenters. The SMILES string of the molecule is Cl.O=C(O)C1CCN(Cc2nc(-c3cc(Br)cs3)no2)C1. The smallest absolute Gasteiger partial charge is 0.307 e. The summed E-state index contributed by atoms with van der Waals surface area (Å²) in [5.41, 5.74) is 0. The van der Waals surface area contributed by atoms with Crippen molar-refractivity contribution in [3.63, 3.8) is 0 Å². The molecule has 114 valence electrons. The molecule has 0 aliphatic carbocycles. The molecule has 2 aromatic rings. The van der Waals surface area contributed by atoms with Gasteiger partial charge in [-0.1, -0.05) is 5.16 Å². The van der Waals surface area contributed by atoms with Crippen LogP contribution in [0, 0.1) is 5.92 Å². The van der Waals surface area contributed by atoms with E-state index >= 15 is 0 Å². The highest BCUT2D eigenvalue weighted by atomic mass is 79.9. The maximum absolute atomic E-state index is 10.9. The van der Waals surface area contributed by atoms with E-state index < -0.39 is 5.97 Å². The highest BCUT2D eigenvalue weighted by molar-refractivity contribution is 9.10. The molecule has 21 heavy (non-hydrogen) atoms. The molecule has 1 aliphatic heterocycles. The monoisotopic (exact) mass is 393 g/mol. The molecule has 0 aromatic carbocycles. The van der Waals surface area contributed by atoms with E-state index in [0.29, 0.717) is 31.2 Å². The third-order valence-electron chi connectivity index (χ3n) is 3.24. The van der Waals surface area contributed by atoms with Crippen LogP contribution in [0.15, 0.2) is 20.4 Å². The summed E-state index contributed by atoms with van der Waals surface area (Å²) in [4.78, 5) is 18.2. The average molecular weight is 395 g/mol. The van der Waals surface area contributed by atoms with Crippen LogP contribution < -0.4 is 0 Å². The fourth-order valence-corrected chi connectivity index (χ4v) is 3.57. The van der Waals surface area contributed by atoms with Gasteiger partial charge in [-0.2, -0.15) is 4.98 Å². The lowest BCUT2D eigenvalue weighted by atomic mass is 10.1. The van der Waals surface area contributed by atoms with Crippen LogP contribution in [0.1, 0.15) is 12.3 Å². The van der Waals surface area contributed by atoms with Crippen molar-refractivity contribution >= 4 is 45.6 Å². The third kappa shape index (κ3) is 3.82. The minimum Gasteiger partial charge on any atom is -0.481 e. The molecule has 1 fully saturated rings. The summed E-state index contributed by atoms with van der Waals surface area (Å²) in [6, 6.07) is 1.94. The van der Waals surface area contributed by atoms with Gasteiger partial charge in [-0.3, -0.25) is 9.69 Å². The van der Waals surface area contributed by atoms with Crippen LogP contribution in [0.4, 0.5) is 0 Å². The number of hydrogen-bond acceptors (Lipinski definition) is 6. The zero-order valence-electron chi connectivity index (χ0n) is 10.9. The lowest BCUT2D eigenvalue weighted by molar-refractivity contribution is -0.141. The molecule has 3 rings (SSSR count). The molecule has 1 aliphatic rings. The van der Waals surface area contributed by atoms with Crippen LogP contribution in [-0.2, 0) is 11.3 Å². The molecule has 0 amide bonds. The fourth-order valence-electron chi connectivity index (χ4n) is 2.22. The van der Waals surface area contributed by atoms with Gasteiger partial charge in [0.05, 0.1) is 17.3 Å². The van der Waals surface area contributed by atoms with Crippen LogP contribution >= 0.6 is 39.7 Å². The van der Waals surface area contributed by atoms with Crippen molar-refractivity contribution in [1.82, 2.24) is 15.0 Å². The maximum atomic E-state index is 10.9. The van der Waals surface area contributed by atoms with Crippen molar-refractivity contribution < 1.29 is 14.4 Å². The number of halogens is 2. The molecule has 0 saturated carbocycles. The summed E-state index contributed by atoms with van der Waals surface area (Å²) in [5, 5.41) is 14.9. The third-order valence-corrected chi connectivity index (χ3v) is 4.92. The second kappa shape index (κ2) is 6.87. The van der Waals surface area contributed by atoms with Crippen LogP contribution in [0.3, 0.4) is 0 Å². The summed E-state index contributed by atoms with van der Waals surface area (Å²) >= 11 is 4.93. The number of carbonyl (C=O) groups is 1. The highest BCUT2D eigenvalue weighted by Crippen LogP contribution is 2.28.